The third kappa shape index (κ3) is 5.12. The smallest absolute Gasteiger partial charge is 0.394 e. The average molecular weight is 237 g/mol. The van der Waals surface area contributed by atoms with Gasteiger partial charge in [0, 0.05) is 6.04 Å². The van der Waals surface area contributed by atoms with Crippen molar-refractivity contribution in [2.24, 2.45) is 0 Å². The van der Waals surface area contributed by atoms with Gasteiger partial charge in [-0.05, 0) is 12.5 Å². The quantitative estimate of drug-likeness (QED) is 0.742. The van der Waals surface area contributed by atoms with E-state index < -0.39 is 11.9 Å². The van der Waals surface area contributed by atoms with Crippen molar-refractivity contribution in [2.45, 2.75) is 19.6 Å². The molecule has 0 saturated carbocycles. The summed E-state index contributed by atoms with van der Waals surface area (Å²) in [5, 5.41) is 10.7. The number of carbonyl (C=O) groups is 2. The Morgan fingerprint density at radius 3 is 2.59 bits per heavy atom. The molecule has 1 atom stereocenters. The fourth-order valence-corrected chi connectivity index (χ4v) is 1.25. The van der Waals surface area contributed by atoms with Crippen LogP contribution in [0.1, 0.15) is 12.5 Å². The Balaban J connectivity index is 2.23. The lowest BCUT2D eigenvalue weighted by Crippen LogP contribution is -2.39. The van der Waals surface area contributed by atoms with Crippen LogP contribution in [0.3, 0.4) is 0 Å². The molecular formula is C12H15NO4. The van der Waals surface area contributed by atoms with Gasteiger partial charge in [-0.25, -0.2) is 4.79 Å². The number of nitrogens with one attached hydrogen (secondary N) is 1. The highest BCUT2D eigenvalue weighted by Crippen LogP contribution is 2.00. The summed E-state index contributed by atoms with van der Waals surface area (Å²) in [4.78, 5) is 21.1. The van der Waals surface area contributed by atoms with Crippen molar-refractivity contribution >= 4 is 11.9 Å². The molecule has 0 heterocycles. The number of hydrogen-bond donors (Lipinski definition) is 2. The van der Waals surface area contributed by atoms with Crippen LogP contribution in [0.25, 0.3) is 0 Å². The molecule has 1 unspecified atom stereocenters. The minimum atomic E-state index is -1.49. The van der Waals surface area contributed by atoms with E-state index in [1.165, 1.54) is 0 Å². The van der Waals surface area contributed by atoms with Gasteiger partial charge < -0.3 is 15.2 Å². The van der Waals surface area contributed by atoms with Gasteiger partial charge in [0.2, 0.25) is 0 Å². The predicted octanol–water partition coefficient (Wildman–Crippen LogP) is 0.792. The number of amides is 1. The fourth-order valence-electron chi connectivity index (χ4n) is 1.25. The number of carbonyl (C=O) groups excluding carboxylic acids is 1. The molecule has 0 aliphatic carbocycles. The summed E-state index contributed by atoms with van der Waals surface area (Å²) in [6.07, 6.45) is 0. The van der Waals surface area contributed by atoms with Gasteiger partial charge in [-0.2, -0.15) is 0 Å². The molecule has 0 bridgehead atoms. The highest BCUT2D eigenvalue weighted by atomic mass is 16.5. The number of hydrogen-bond acceptors (Lipinski definition) is 3. The first kappa shape index (κ1) is 13.2. The largest absolute Gasteiger partial charge is 0.474 e. The third-order valence-corrected chi connectivity index (χ3v) is 2.05. The number of carboxylic acid groups (broad SMARTS) is 1. The van der Waals surface area contributed by atoms with E-state index >= 15 is 0 Å². The molecule has 0 aliphatic rings. The molecule has 0 fully saturated rings. The second-order valence-corrected chi connectivity index (χ2v) is 3.68. The normalized spacial score (nSPS) is 11.8. The fraction of sp³-hybridized carbons (Fsp3) is 0.333. The Labute approximate surface area is 99.4 Å². The first-order chi connectivity index (χ1) is 8.09. The Hall–Kier alpha value is -1.88. The summed E-state index contributed by atoms with van der Waals surface area (Å²) in [6.45, 7) is 2.40. The van der Waals surface area contributed by atoms with E-state index in [9.17, 15) is 9.59 Å². The minimum absolute atomic E-state index is 0.272. The van der Waals surface area contributed by atoms with E-state index in [1.807, 2.05) is 30.3 Å². The van der Waals surface area contributed by atoms with E-state index in [0.29, 0.717) is 6.61 Å². The van der Waals surface area contributed by atoms with Gasteiger partial charge in [-0.15, -0.1) is 0 Å². The minimum Gasteiger partial charge on any atom is -0.474 e. The van der Waals surface area contributed by atoms with Crippen LogP contribution in [0, 0.1) is 0 Å². The molecule has 0 aromatic heterocycles. The van der Waals surface area contributed by atoms with E-state index in [0.717, 1.165) is 5.56 Å². The van der Waals surface area contributed by atoms with Gasteiger partial charge in [-0.3, -0.25) is 4.79 Å². The van der Waals surface area contributed by atoms with Gasteiger partial charge in [0.15, 0.2) is 0 Å². The summed E-state index contributed by atoms with van der Waals surface area (Å²) in [7, 11) is 0. The van der Waals surface area contributed by atoms with Gasteiger partial charge in [0.05, 0.1) is 13.2 Å². The molecule has 17 heavy (non-hydrogen) atoms. The van der Waals surface area contributed by atoms with Crippen molar-refractivity contribution in [3.63, 3.8) is 0 Å². The Bertz CT molecular complexity index is 377. The second-order valence-electron chi connectivity index (χ2n) is 3.68. The lowest BCUT2D eigenvalue weighted by Gasteiger charge is -2.12. The highest BCUT2D eigenvalue weighted by molar-refractivity contribution is 6.31. The Morgan fingerprint density at radius 1 is 1.35 bits per heavy atom. The highest BCUT2D eigenvalue weighted by Gasteiger charge is 2.13. The van der Waals surface area contributed by atoms with Crippen LogP contribution in [0.15, 0.2) is 30.3 Å². The number of aliphatic carboxylic acids is 1. The molecular weight excluding hydrogens is 222 g/mol. The molecule has 0 aliphatic heterocycles. The Morgan fingerprint density at radius 2 is 2.00 bits per heavy atom. The lowest BCUT2D eigenvalue weighted by atomic mass is 10.2. The van der Waals surface area contributed by atoms with Crippen LogP contribution >= 0.6 is 0 Å². The van der Waals surface area contributed by atoms with Crippen molar-refractivity contribution in [1.29, 1.82) is 0 Å². The molecule has 0 radical (unpaired) electrons. The summed E-state index contributed by atoms with van der Waals surface area (Å²) >= 11 is 0. The molecule has 1 aromatic carbocycles. The molecule has 5 nitrogen and oxygen atoms in total. The van der Waals surface area contributed by atoms with Gasteiger partial charge in [-0.1, -0.05) is 30.3 Å². The zero-order chi connectivity index (χ0) is 12.7. The average Bonchev–Trinajstić information content (AvgIpc) is 2.30. The molecule has 1 amide bonds. The third-order valence-electron chi connectivity index (χ3n) is 2.05. The van der Waals surface area contributed by atoms with Gasteiger partial charge >= 0.3 is 11.9 Å². The summed E-state index contributed by atoms with van der Waals surface area (Å²) < 4.78 is 5.35. The summed E-state index contributed by atoms with van der Waals surface area (Å²) in [5.41, 5.74) is 1.03. The van der Waals surface area contributed by atoms with Gasteiger partial charge in [0.25, 0.3) is 0 Å². The lowest BCUT2D eigenvalue weighted by molar-refractivity contribution is -0.150. The van der Waals surface area contributed by atoms with Crippen LogP contribution in [0.2, 0.25) is 0 Å². The maximum atomic E-state index is 10.8. The SMILES string of the molecule is CC(COCc1ccccc1)NC(=O)C(=O)O. The van der Waals surface area contributed by atoms with Crippen molar-refractivity contribution in [2.75, 3.05) is 6.61 Å². The van der Waals surface area contributed by atoms with Crippen molar-refractivity contribution in [3.05, 3.63) is 35.9 Å². The predicted molar refractivity (Wildman–Crippen MR) is 61.3 cm³/mol. The molecule has 1 rings (SSSR count). The first-order valence-electron chi connectivity index (χ1n) is 5.25. The maximum Gasteiger partial charge on any atom is 0.394 e. The van der Waals surface area contributed by atoms with Crippen LogP contribution in [-0.2, 0) is 20.9 Å². The monoisotopic (exact) mass is 237 g/mol. The first-order valence-corrected chi connectivity index (χ1v) is 5.25. The van der Waals surface area contributed by atoms with Crippen LogP contribution in [0.5, 0.6) is 0 Å². The molecule has 92 valence electrons. The van der Waals surface area contributed by atoms with Crippen LogP contribution in [-0.4, -0.2) is 29.6 Å². The van der Waals surface area contributed by atoms with E-state index in [-0.39, 0.29) is 12.6 Å². The standard InChI is InChI=1S/C12H15NO4/c1-9(13-11(14)12(15)16)7-17-8-10-5-3-2-4-6-10/h2-6,9H,7-8H2,1H3,(H,13,14)(H,15,16). The summed E-state index contributed by atoms with van der Waals surface area (Å²) in [6, 6.07) is 9.27. The van der Waals surface area contributed by atoms with E-state index in [1.54, 1.807) is 6.92 Å². The second kappa shape index (κ2) is 6.65. The zero-order valence-corrected chi connectivity index (χ0v) is 9.55. The molecule has 5 heteroatoms. The summed E-state index contributed by atoms with van der Waals surface area (Å²) in [5.74, 6) is -2.50. The Kier molecular flexibility index (Phi) is 5.16. The molecule has 0 saturated heterocycles. The van der Waals surface area contributed by atoms with Crippen molar-refractivity contribution < 1.29 is 19.4 Å². The molecule has 2 N–H and O–H groups in total. The number of ether oxygens (including phenoxy) is 1. The molecule has 0 spiro atoms. The van der Waals surface area contributed by atoms with Crippen LogP contribution < -0.4 is 5.32 Å². The topological polar surface area (TPSA) is 75.6 Å². The number of carboxylic acids is 1. The van der Waals surface area contributed by atoms with Crippen molar-refractivity contribution in [3.8, 4) is 0 Å². The zero-order valence-electron chi connectivity index (χ0n) is 9.55. The number of benzene rings is 1. The van der Waals surface area contributed by atoms with Crippen LogP contribution in [0.4, 0.5) is 0 Å². The van der Waals surface area contributed by atoms with Gasteiger partial charge in [0.1, 0.15) is 0 Å². The molecule has 1 aromatic rings. The maximum absolute atomic E-state index is 10.8. The van der Waals surface area contributed by atoms with E-state index in [2.05, 4.69) is 5.32 Å². The number of rotatable bonds is 5. The van der Waals surface area contributed by atoms with Crippen molar-refractivity contribution in [1.82, 2.24) is 5.32 Å². The van der Waals surface area contributed by atoms with E-state index in [4.69, 9.17) is 9.84 Å².